The van der Waals surface area contributed by atoms with Gasteiger partial charge in [-0.2, -0.15) is 13.2 Å². The van der Waals surface area contributed by atoms with Gasteiger partial charge >= 0.3 is 18.0 Å². The number of fused-ring (bicyclic) bond motifs is 1. The van der Waals surface area contributed by atoms with Crippen molar-refractivity contribution in [2.75, 3.05) is 25.0 Å². The summed E-state index contributed by atoms with van der Waals surface area (Å²) in [5.41, 5.74) is -1.02. The van der Waals surface area contributed by atoms with Crippen LogP contribution in [0.25, 0.3) is 0 Å². The number of pyridine rings is 1. The number of hydrogen-bond acceptors (Lipinski definition) is 4. The normalized spacial score (nSPS) is 23.4. The van der Waals surface area contributed by atoms with Crippen LogP contribution in [0, 0.1) is 5.92 Å². The first-order valence-electron chi connectivity index (χ1n) is 9.21. The molecule has 3 heterocycles. The quantitative estimate of drug-likeness (QED) is 0.785. The number of piperidine rings is 2. The van der Waals surface area contributed by atoms with E-state index in [4.69, 9.17) is 0 Å². The number of nitrogens with one attached hydrogen (secondary N) is 2. The number of halogens is 3. The molecular weight excluding hydrogens is 361 g/mol. The summed E-state index contributed by atoms with van der Waals surface area (Å²) in [6, 6.07) is 2.28. The van der Waals surface area contributed by atoms with E-state index in [0.29, 0.717) is 18.5 Å². The van der Waals surface area contributed by atoms with Gasteiger partial charge in [-0.25, -0.2) is 4.98 Å². The van der Waals surface area contributed by atoms with Crippen LogP contribution in [0.3, 0.4) is 0 Å². The molecule has 2 aliphatic heterocycles. The number of alkyl halides is 3. The summed E-state index contributed by atoms with van der Waals surface area (Å²) in [6.45, 7) is 2.62. The summed E-state index contributed by atoms with van der Waals surface area (Å²) < 4.78 is 37.5. The molecule has 148 valence electrons. The fourth-order valence-electron chi connectivity index (χ4n) is 3.94. The highest BCUT2D eigenvalue weighted by atomic mass is 19.4. The molecule has 27 heavy (non-hydrogen) atoms. The summed E-state index contributed by atoms with van der Waals surface area (Å²) in [7, 11) is 0. The first kappa shape index (κ1) is 19.6. The van der Waals surface area contributed by atoms with E-state index in [9.17, 15) is 22.8 Å². The summed E-state index contributed by atoms with van der Waals surface area (Å²) in [4.78, 5) is 29.7. The van der Waals surface area contributed by atoms with Gasteiger partial charge in [-0.3, -0.25) is 9.59 Å². The molecule has 0 saturated carbocycles. The molecule has 2 amide bonds. The fraction of sp³-hybridized carbons (Fsp3) is 0.611. The Kier molecular flexibility index (Phi) is 5.98. The van der Waals surface area contributed by atoms with Crippen molar-refractivity contribution in [3.8, 4) is 0 Å². The molecule has 1 aromatic heterocycles. The topological polar surface area (TPSA) is 74.3 Å². The first-order chi connectivity index (χ1) is 12.8. The molecule has 0 aliphatic carbocycles. The number of amides is 2. The van der Waals surface area contributed by atoms with E-state index in [1.54, 1.807) is 0 Å². The van der Waals surface area contributed by atoms with Crippen molar-refractivity contribution in [1.29, 1.82) is 0 Å². The largest absolute Gasteiger partial charge is 0.433 e. The maximum Gasteiger partial charge on any atom is 0.433 e. The van der Waals surface area contributed by atoms with Gasteiger partial charge in [0.05, 0.1) is 11.9 Å². The lowest BCUT2D eigenvalue weighted by molar-refractivity contribution is -0.141. The van der Waals surface area contributed by atoms with Gasteiger partial charge in [0.25, 0.3) is 0 Å². The summed E-state index contributed by atoms with van der Waals surface area (Å²) in [5, 5.41) is 4.94. The third-order valence-corrected chi connectivity index (χ3v) is 5.27. The zero-order valence-electron chi connectivity index (χ0n) is 14.9. The standard InChI is InChI=1S/C18H23F3N4O2/c19-18(20,21)15-7-6-13(11-22-15)24-17(27)16(26)23-10-12-4-3-9-25-8-2-1-5-14(12)25/h6-7,11-12,14H,1-5,8-10H2,(H,23,26)(H,24,27)/t12-,14?/m0/s1. The average Bonchev–Trinajstić information content (AvgIpc) is 2.65. The number of aromatic nitrogens is 1. The van der Waals surface area contributed by atoms with Crippen molar-refractivity contribution in [2.24, 2.45) is 5.92 Å². The van der Waals surface area contributed by atoms with Crippen LogP contribution in [0.1, 0.15) is 37.8 Å². The van der Waals surface area contributed by atoms with E-state index in [1.807, 2.05) is 0 Å². The minimum Gasteiger partial charge on any atom is -0.347 e. The number of carbonyl (C=O) groups excluding carboxylic acids is 2. The maximum absolute atomic E-state index is 12.5. The predicted octanol–water partition coefficient (Wildman–Crippen LogP) is 2.42. The highest BCUT2D eigenvalue weighted by Gasteiger charge is 2.34. The predicted molar refractivity (Wildman–Crippen MR) is 92.8 cm³/mol. The Bertz CT molecular complexity index is 676. The smallest absolute Gasteiger partial charge is 0.347 e. The summed E-state index contributed by atoms with van der Waals surface area (Å²) in [6.07, 6.45) is 1.95. The summed E-state index contributed by atoms with van der Waals surface area (Å²) >= 11 is 0. The van der Waals surface area contributed by atoms with Gasteiger partial charge in [0.2, 0.25) is 0 Å². The minimum atomic E-state index is -4.55. The Morgan fingerprint density at radius 3 is 2.59 bits per heavy atom. The third-order valence-electron chi connectivity index (χ3n) is 5.27. The van der Waals surface area contributed by atoms with Gasteiger partial charge < -0.3 is 15.5 Å². The molecule has 3 rings (SSSR count). The molecule has 2 saturated heterocycles. The second-order valence-corrected chi connectivity index (χ2v) is 7.10. The zero-order valence-corrected chi connectivity index (χ0v) is 14.9. The van der Waals surface area contributed by atoms with Crippen molar-refractivity contribution < 1.29 is 22.8 Å². The SMILES string of the molecule is O=C(NC[C@@H]1CCCN2CCCCC12)C(=O)Nc1ccc(C(F)(F)F)nc1. The monoisotopic (exact) mass is 384 g/mol. The van der Waals surface area contributed by atoms with Gasteiger partial charge in [0, 0.05) is 12.6 Å². The second kappa shape index (κ2) is 8.24. The maximum atomic E-state index is 12.5. The molecule has 2 fully saturated rings. The molecule has 2 aliphatic rings. The van der Waals surface area contributed by atoms with Crippen LogP contribution in [0.15, 0.2) is 18.3 Å². The van der Waals surface area contributed by atoms with Crippen molar-refractivity contribution in [1.82, 2.24) is 15.2 Å². The molecule has 1 aromatic rings. The Labute approximate surface area is 155 Å². The molecule has 0 aromatic carbocycles. The van der Waals surface area contributed by atoms with E-state index in [2.05, 4.69) is 20.5 Å². The number of nitrogens with zero attached hydrogens (tertiary/aromatic N) is 2. The minimum absolute atomic E-state index is 0.0410. The Morgan fingerprint density at radius 2 is 1.89 bits per heavy atom. The van der Waals surface area contributed by atoms with Gasteiger partial charge in [0.1, 0.15) is 5.69 Å². The molecule has 0 spiro atoms. The molecule has 9 heteroatoms. The van der Waals surface area contributed by atoms with E-state index < -0.39 is 23.7 Å². The van der Waals surface area contributed by atoms with Gasteiger partial charge in [0.15, 0.2) is 0 Å². The zero-order chi connectivity index (χ0) is 19.4. The molecule has 0 bridgehead atoms. The van der Waals surface area contributed by atoms with Crippen LogP contribution in [0.5, 0.6) is 0 Å². The highest BCUT2D eigenvalue weighted by molar-refractivity contribution is 6.39. The molecule has 2 atom stereocenters. The Hall–Kier alpha value is -2.16. The van der Waals surface area contributed by atoms with Gasteiger partial charge in [-0.1, -0.05) is 6.42 Å². The van der Waals surface area contributed by atoms with Gasteiger partial charge in [-0.15, -0.1) is 0 Å². The molecule has 6 nitrogen and oxygen atoms in total. The third kappa shape index (κ3) is 4.97. The fourth-order valence-corrected chi connectivity index (χ4v) is 3.94. The van der Waals surface area contributed by atoms with Crippen LogP contribution >= 0.6 is 0 Å². The van der Waals surface area contributed by atoms with Crippen LogP contribution in [0.2, 0.25) is 0 Å². The van der Waals surface area contributed by atoms with E-state index in [1.165, 1.54) is 12.8 Å². The first-order valence-corrected chi connectivity index (χ1v) is 9.21. The Morgan fingerprint density at radius 1 is 1.11 bits per heavy atom. The Balaban J connectivity index is 1.49. The number of anilines is 1. The number of rotatable bonds is 3. The van der Waals surface area contributed by atoms with E-state index in [0.717, 1.165) is 50.7 Å². The van der Waals surface area contributed by atoms with Crippen molar-refractivity contribution in [3.05, 3.63) is 24.0 Å². The van der Waals surface area contributed by atoms with Crippen molar-refractivity contribution in [3.63, 3.8) is 0 Å². The van der Waals surface area contributed by atoms with E-state index >= 15 is 0 Å². The van der Waals surface area contributed by atoms with E-state index in [-0.39, 0.29) is 5.69 Å². The molecule has 2 N–H and O–H groups in total. The van der Waals surface area contributed by atoms with Crippen LogP contribution in [0.4, 0.5) is 18.9 Å². The van der Waals surface area contributed by atoms with Crippen molar-refractivity contribution >= 4 is 17.5 Å². The lowest BCUT2D eigenvalue weighted by atomic mass is 9.83. The highest BCUT2D eigenvalue weighted by Crippen LogP contribution is 2.30. The molecule has 1 unspecified atom stereocenters. The van der Waals surface area contributed by atoms with Crippen molar-refractivity contribution in [2.45, 2.75) is 44.3 Å². The van der Waals surface area contributed by atoms with Crippen LogP contribution in [-0.2, 0) is 15.8 Å². The second-order valence-electron chi connectivity index (χ2n) is 7.10. The molecule has 0 radical (unpaired) electrons. The van der Waals surface area contributed by atoms with Gasteiger partial charge in [-0.05, 0) is 56.8 Å². The number of hydrogen-bond donors (Lipinski definition) is 2. The lowest BCUT2D eigenvalue weighted by Crippen LogP contribution is -2.51. The lowest BCUT2D eigenvalue weighted by Gasteiger charge is -2.44. The van der Waals surface area contributed by atoms with Crippen LogP contribution < -0.4 is 10.6 Å². The molecular formula is C18H23F3N4O2. The number of carbonyl (C=O) groups is 2. The summed E-state index contributed by atoms with van der Waals surface area (Å²) in [5.74, 6) is -1.38. The average molecular weight is 384 g/mol. The van der Waals surface area contributed by atoms with Crippen LogP contribution in [-0.4, -0.2) is 47.4 Å².